The second kappa shape index (κ2) is 4.91. The average molecular weight is 242 g/mol. The van der Waals surface area contributed by atoms with Gasteiger partial charge in [-0.2, -0.15) is 0 Å². The minimum atomic E-state index is 0.0817. The highest BCUT2D eigenvalue weighted by molar-refractivity contribution is 6.18. The maximum absolute atomic E-state index is 12.2. The molecule has 2 heterocycles. The van der Waals surface area contributed by atoms with Crippen LogP contribution in [0.2, 0.25) is 0 Å². The smallest absolute Gasteiger partial charge is 0.257 e. The van der Waals surface area contributed by atoms with E-state index in [2.05, 4.69) is 0 Å². The predicted octanol–water partition coefficient (Wildman–Crippen LogP) is 2.54. The molecule has 0 bridgehead atoms. The zero-order valence-electron chi connectivity index (χ0n) is 9.41. The van der Waals surface area contributed by atoms with E-state index in [1.165, 1.54) is 0 Å². The maximum Gasteiger partial charge on any atom is 0.257 e. The molecule has 1 aromatic rings. The number of carbonyl (C=O) groups excluding carboxylic acids is 1. The molecule has 3 nitrogen and oxygen atoms in total. The fourth-order valence-corrected chi connectivity index (χ4v) is 2.37. The Bertz CT molecular complexity index is 375. The molecule has 1 aliphatic heterocycles. The summed E-state index contributed by atoms with van der Waals surface area (Å²) in [4.78, 5) is 14.0. The van der Waals surface area contributed by atoms with Crippen molar-refractivity contribution in [2.45, 2.75) is 19.8 Å². The van der Waals surface area contributed by atoms with Crippen LogP contribution >= 0.6 is 11.6 Å². The third kappa shape index (κ3) is 2.09. The van der Waals surface area contributed by atoms with Crippen molar-refractivity contribution in [2.75, 3.05) is 19.0 Å². The second-order valence-corrected chi connectivity index (χ2v) is 4.48. The van der Waals surface area contributed by atoms with Gasteiger partial charge in [0.05, 0.1) is 11.8 Å². The van der Waals surface area contributed by atoms with Gasteiger partial charge in [-0.3, -0.25) is 4.79 Å². The summed E-state index contributed by atoms with van der Waals surface area (Å²) < 4.78 is 5.27. The Morgan fingerprint density at radius 2 is 2.50 bits per heavy atom. The van der Waals surface area contributed by atoms with Crippen molar-refractivity contribution in [3.8, 4) is 0 Å². The molecule has 0 radical (unpaired) electrons. The number of halogens is 1. The van der Waals surface area contributed by atoms with E-state index in [0.29, 0.717) is 17.4 Å². The van der Waals surface area contributed by atoms with Crippen molar-refractivity contribution >= 4 is 17.5 Å². The molecule has 2 rings (SSSR count). The molecule has 1 saturated heterocycles. The zero-order valence-corrected chi connectivity index (χ0v) is 10.2. The lowest BCUT2D eigenvalue weighted by molar-refractivity contribution is 0.0786. The molecule has 4 heteroatoms. The predicted molar refractivity (Wildman–Crippen MR) is 62.8 cm³/mol. The third-order valence-electron chi connectivity index (χ3n) is 3.09. The number of nitrogens with zero attached hydrogens (tertiary/aromatic N) is 1. The summed E-state index contributed by atoms with van der Waals surface area (Å²) in [6.45, 7) is 3.57. The van der Waals surface area contributed by atoms with Crippen LogP contribution in [0.1, 0.15) is 29.5 Å². The van der Waals surface area contributed by atoms with Crippen molar-refractivity contribution in [1.82, 2.24) is 4.90 Å². The number of hydrogen-bond acceptors (Lipinski definition) is 2. The van der Waals surface area contributed by atoms with Crippen LogP contribution in [-0.2, 0) is 6.42 Å². The molecular weight excluding hydrogens is 226 g/mol. The van der Waals surface area contributed by atoms with Gasteiger partial charge in [-0.05, 0) is 18.4 Å². The molecule has 1 fully saturated rings. The van der Waals surface area contributed by atoms with E-state index >= 15 is 0 Å². The number of hydrogen-bond donors (Lipinski definition) is 0. The molecule has 0 aliphatic carbocycles. The average Bonchev–Trinajstić information content (AvgIpc) is 2.96. The van der Waals surface area contributed by atoms with Crippen LogP contribution in [0, 0.1) is 5.92 Å². The Hall–Kier alpha value is -0.960. The Balaban J connectivity index is 2.08. The number of carbonyl (C=O) groups is 1. The van der Waals surface area contributed by atoms with Gasteiger partial charge in [0.15, 0.2) is 0 Å². The van der Waals surface area contributed by atoms with Crippen LogP contribution in [0.3, 0.4) is 0 Å². The summed E-state index contributed by atoms with van der Waals surface area (Å²) in [7, 11) is 0. The largest absolute Gasteiger partial charge is 0.469 e. The first-order valence-corrected chi connectivity index (χ1v) is 6.21. The SMILES string of the molecule is CCc1occc1C(=O)N1CCC(CCl)C1. The van der Waals surface area contributed by atoms with Crippen molar-refractivity contribution in [2.24, 2.45) is 5.92 Å². The maximum atomic E-state index is 12.2. The molecule has 16 heavy (non-hydrogen) atoms. The van der Waals surface area contributed by atoms with Crippen molar-refractivity contribution < 1.29 is 9.21 Å². The summed E-state index contributed by atoms with van der Waals surface area (Å²) in [5.41, 5.74) is 0.706. The number of furan rings is 1. The van der Waals surface area contributed by atoms with E-state index in [9.17, 15) is 4.79 Å². The summed E-state index contributed by atoms with van der Waals surface area (Å²) in [5.74, 6) is 1.94. The van der Waals surface area contributed by atoms with Crippen molar-refractivity contribution in [3.63, 3.8) is 0 Å². The minimum absolute atomic E-state index is 0.0817. The second-order valence-electron chi connectivity index (χ2n) is 4.17. The van der Waals surface area contributed by atoms with Crippen LogP contribution in [0.5, 0.6) is 0 Å². The molecule has 1 atom stereocenters. The number of rotatable bonds is 3. The zero-order chi connectivity index (χ0) is 11.5. The monoisotopic (exact) mass is 241 g/mol. The lowest BCUT2D eigenvalue weighted by Gasteiger charge is -2.15. The highest BCUT2D eigenvalue weighted by Crippen LogP contribution is 2.21. The van der Waals surface area contributed by atoms with Crippen LogP contribution < -0.4 is 0 Å². The van der Waals surface area contributed by atoms with Crippen molar-refractivity contribution in [3.05, 3.63) is 23.7 Å². The van der Waals surface area contributed by atoms with E-state index < -0.39 is 0 Å². The molecular formula is C12H16ClNO2. The van der Waals surface area contributed by atoms with Gasteiger partial charge in [0.1, 0.15) is 5.76 Å². The Labute approximate surface area is 100 Å². The van der Waals surface area contributed by atoms with Crippen LogP contribution in [0.15, 0.2) is 16.7 Å². The Kier molecular flexibility index (Phi) is 3.54. The first-order valence-electron chi connectivity index (χ1n) is 5.67. The van der Waals surface area contributed by atoms with E-state index in [0.717, 1.165) is 31.7 Å². The van der Waals surface area contributed by atoms with E-state index in [1.807, 2.05) is 11.8 Å². The molecule has 1 unspecified atom stereocenters. The normalized spacial score (nSPS) is 20.4. The van der Waals surface area contributed by atoms with E-state index in [4.69, 9.17) is 16.0 Å². The fourth-order valence-electron chi connectivity index (χ4n) is 2.12. The fraction of sp³-hybridized carbons (Fsp3) is 0.583. The Morgan fingerprint density at radius 3 is 3.12 bits per heavy atom. The van der Waals surface area contributed by atoms with Gasteiger partial charge < -0.3 is 9.32 Å². The van der Waals surface area contributed by atoms with Gasteiger partial charge in [-0.15, -0.1) is 11.6 Å². The summed E-state index contributed by atoms with van der Waals surface area (Å²) in [5, 5.41) is 0. The molecule has 0 N–H and O–H groups in total. The number of alkyl halides is 1. The standard InChI is InChI=1S/C12H16ClNO2/c1-2-11-10(4-6-16-11)12(15)14-5-3-9(7-13)8-14/h4,6,9H,2-3,5,7-8H2,1H3. The molecule has 0 aromatic carbocycles. The molecule has 1 aromatic heterocycles. The van der Waals surface area contributed by atoms with Gasteiger partial charge >= 0.3 is 0 Å². The van der Waals surface area contributed by atoms with E-state index in [-0.39, 0.29) is 5.91 Å². The first-order chi connectivity index (χ1) is 7.76. The highest BCUT2D eigenvalue weighted by atomic mass is 35.5. The van der Waals surface area contributed by atoms with Crippen LogP contribution in [0.4, 0.5) is 0 Å². The Morgan fingerprint density at radius 1 is 1.69 bits per heavy atom. The number of likely N-dealkylation sites (tertiary alicyclic amines) is 1. The molecule has 88 valence electrons. The van der Waals surface area contributed by atoms with Crippen LogP contribution in [0.25, 0.3) is 0 Å². The summed E-state index contributed by atoms with van der Waals surface area (Å²) in [6.07, 6.45) is 3.34. The molecule has 1 amide bonds. The van der Waals surface area contributed by atoms with E-state index in [1.54, 1.807) is 12.3 Å². The van der Waals surface area contributed by atoms with Gasteiger partial charge in [0.2, 0.25) is 0 Å². The van der Waals surface area contributed by atoms with Gasteiger partial charge in [-0.25, -0.2) is 0 Å². The summed E-state index contributed by atoms with van der Waals surface area (Å²) >= 11 is 5.80. The highest BCUT2D eigenvalue weighted by Gasteiger charge is 2.28. The number of amides is 1. The van der Waals surface area contributed by atoms with Gasteiger partial charge in [-0.1, -0.05) is 6.92 Å². The topological polar surface area (TPSA) is 33.5 Å². The molecule has 0 saturated carbocycles. The first kappa shape index (κ1) is 11.5. The third-order valence-corrected chi connectivity index (χ3v) is 3.52. The lowest BCUT2D eigenvalue weighted by atomic mass is 10.1. The minimum Gasteiger partial charge on any atom is -0.469 e. The quantitative estimate of drug-likeness (QED) is 0.762. The van der Waals surface area contributed by atoms with Crippen LogP contribution in [-0.4, -0.2) is 29.8 Å². The molecule has 1 aliphatic rings. The molecule has 0 spiro atoms. The van der Waals surface area contributed by atoms with Gasteiger partial charge in [0.25, 0.3) is 5.91 Å². The summed E-state index contributed by atoms with van der Waals surface area (Å²) in [6, 6.07) is 1.76. The van der Waals surface area contributed by atoms with Crippen molar-refractivity contribution in [1.29, 1.82) is 0 Å². The van der Waals surface area contributed by atoms with Gasteiger partial charge in [0, 0.05) is 25.4 Å². The lowest BCUT2D eigenvalue weighted by Crippen LogP contribution is -2.29. The number of aryl methyl sites for hydroxylation is 1.